The monoisotopic (exact) mass is 512 g/mol. The predicted octanol–water partition coefficient (Wildman–Crippen LogP) is 7.09. The minimum absolute atomic E-state index is 0.0146. The van der Waals surface area contributed by atoms with E-state index in [9.17, 15) is 14.9 Å². The van der Waals surface area contributed by atoms with Gasteiger partial charge in [0, 0.05) is 33.4 Å². The number of nitrogens with zero attached hydrogens (tertiary/aromatic N) is 2. The molecule has 0 aliphatic carbocycles. The van der Waals surface area contributed by atoms with Crippen LogP contribution in [0, 0.1) is 10.1 Å². The molecule has 0 saturated carbocycles. The highest BCUT2D eigenvalue weighted by Crippen LogP contribution is 2.36. The molecule has 0 radical (unpaired) electrons. The molecule has 1 aromatic heterocycles. The largest absolute Gasteiger partial charge is 0.457 e. The molecule has 1 amide bonds. The number of furan rings is 1. The minimum Gasteiger partial charge on any atom is -0.457 e. The van der Waals surface area contributed by atoms with Crippen molar-refractivity contribution in [3.63, 3.8) is 0 Å². The van der Waals surface area contributed by atoms with E-state index in [0.29, 0.717) is 22.7 Å². The van der Waals surface area contributed by atoms with Crippen molar-refractivity contribution in [1.29, 1.82) is 0 Å². The van der Waals surface area contributed by atoms with E-state index in [1.807, 2.05) is 60.7 Å². The van der Waals surface area contributed by atoms with E-state index in [-0.39, 0.29) is 11.6 Å². The highest BCUT2D eigenvalue weighted by molar-refractivity contribution is 9.10. The number of non-ortho nitro benzene ring substituents is 1. The molecule has 6 nitrogen and oxygen atoms in total. The van der Waals surface area contributed by atoms with E-state index in [4.69, 9.17) is 4.42 Å². The number of carbonyl (C=O) groups is 1. The van der Waals surface area contributed by atoms with Crippen molar-refractivity contribution in [3.8, 4) is 11.3 Å². The Kier molecular flexibility index (Phi) is 5.69. The number of carbonyl (C=O) groups excluding carboxylic acids is 1. The molecule has 0 bridgehead atoms. The van der Waals surface area contributed by atoms with Crippen molar-refractivity contribution >= 4 is 45.0 Å². The topological polar surface area (TPSA) is 76.6 Å². The van der Waals surface area contributed by atoms with Gasteiger partial charge in [-0.05, 0) is 66.2 Å². The van der Waals surface area contributed by atoms with Gasteiger partial charge in [-0.1, -0.05) is 46.3 Å². The van der Waals surface area contributed by atoms with Gasteiger partial charge in [0.05, 0.1) is 10.6 Å². The number of benzene rings is 3. The summed E-state index contributed by atoms with van der Waals surface area (Å²) in [6.45, 7) is 0. The maximum absolute atomic E-state index is 13.4. The molecule has 0 atom stereocenters. The van der Waals surface area contributed by atoms with Crippen LogP contribution in [0.25, 0.3) is 23.1 Å². The second-order valence-electron chi connectivity index (χ2n) is 7.62. The smallest absolute Gasteiger partial charge is 0.269 e. The van der Waals surface area contributed by atoms with E-state index in [0.717, 1.165) is 21.4 Å². The summed E-state index contributed by atoms with van der Waals surface area (Å²) in [5.41, 5.74) is 3.68. The lowest BCUT2D eigenvalue weighted by atomic mass is 10.1. The first-order chi connectivity index (χ1) is 16.5. The Labute approximate surface area is 203 Å². The number of rotatable bonds is 5. The van der Waals surface area contributed by atoms with Crippen LogP contribution in [0.2, 0.25) is 0 Å². The molecule has 0 saturated heterocycles. The number of hydrogen-bond donors (Lipinski definition) is 0. The van der Waals surface area contributed by atoms with Gasteiger partial charge in [-0.3, -0.25) is 19.8 Å². The van der Waals surface area contributed by atoms with Crippen LogP contribution < -0.4 is 4.90 Å². The van der Waals surface area contributed by atoms with Gasteiger partial charge in [0.1, 0.15) is 11.5 Å². The molecular formula is C27H17BrN2O4. The van der Waals surface area contributed by atoms with Gasteiger partial charge in [-0.2, -0.15) is 0 Å². The van der Waals surface area contributed by atoms with Crippen LogP contribution in [0.5, 0.6) is 0 Å². The maximum Gasteiger partial charge on any atom is 0.269 e. The third-order valence-corrected chi connectivity index (χ3v) is 5.95. The Bertz CT molecular complexity index is 1440. The van der Waals surface area contributed by atoms with Crippen molar-refractivity contribution in [2.24, 2.45) is 0 Å². The second-order valence-corrected chi connectivity index (χ2v) is 8.53. The van der Waals surface area contributed by atoms with Crippen molar-refractivity contribution in [2.45, 2.75) is 0 Å². The summed E-state index contributed by atoms with van der Waals surface area (Å²) in [6, 6.07) is 27.0. The van der Waals surface area contributed by atoms with Crippen LogP contribution in [0.4, 0.5) is 11.4 Å². The fraction of sp³-hybridized carbons (Fsp3) is 0. The first-order valence-corrected chi connectivity index (χ1v) is 11.2. The van der Waals surface area contributed by atoms with Crippen molar-refractivity contribution in [1.82, 2.24) is 0 Å². The first kappa shape index (κ1) is 21.6. The number of halogens is 1. The maximum atomic E-state index is 13.4. The third kappa shape index (κ3) is 4.21. The van der Waals surface area contributed by atoms with Crippen molar-refractivity contribution in [3.05, 3.63) is 129 Å². The Morgan fingerprint density at radius 3 is 2.24 bits per heavy atom. The standard InChI is InChI=1S/C27H17BrN2O4/c28-21-8-12-22(13-9-21)29-25(18-4-2-1-3-5-18)17-20(27(29)31)16-24-14-15-26(34-24)19-6-10-23(11-7-19)30(32)33/h1-17H/b20-16+. The fourth-order valence-corrected chi connectivity index (χ4v) is 4.03. The molecule has 1 aliphatic heterocycles. The summed E-state index contributed by atoms with van der Waals surface area (Å²) in [6.07, 6.45) is 3.56. The molecule has 0 spiro atoms. The summed E-state index contributed by atoms with van der Waals surface area (Å²) in [4.78, 5) is 25.6. The quantitative estimate of drug-likeness (QED) is 0.162. The Morgan fingerprint density at radius 2 is 1.56 bits per heavy atom. The molecule has 34 heavy (non-hydrogen) atoms. The summed E-state index contributed by atoms with van der Waals surface area (Å²) in [5.74, 6) is 0.914. The average Bonchev–Trinajstić information content (AvgIpc) is 3.45. The van der Waals surface area contributed by atoms with Gasteiger partial charge < -0.3 is 4.42 Å². The predicted molar refractivity (Wildman–Crippen MR) is 135 cm³/mol. The molecule has 7 heteroatoms. The van der Waals surface area contributed by atoms with E-state index in [1.54, 1.807) is 35.2 Å². The normalized spacial score (nSPS) is 14.5. The van der Waals surface area contributed by atoms with E-state index in [1.165, 1.54) is 12.1 Å². The number of hydrogen-bond acceptors (Lipinski definition) is 4. The van der Waals surface area contributed by atoms with Crippen LogP contribution in [0.3, 0.4) is 0 Å². The lowest BCUT2D eigenvalue weighted by molar-refractivity contribution is -0.384. The first-order valence-electron chi connectivity index (χ1n) is 10.4. The van der Waals surface area contributed by atoms with Gasteiger partial charge in [0.25, 0.3) is 11.6 Å². The summed E-state index contributed by atoms with van der Waals surface area (Å²) >= 11 is 3.44. The summed E-state index contributed by atoms with van der Waals surface area (Å²) < 4.78 is 6.85. The Morgan fingerprint density at radius 1 is 0.853 bits per heavy atom. The third-order valence-electron chi connectivity index (χ3n) is 5.42. The highest BCUT2D eigenvalue weighted by Gasteiger charge is 2.30. The van der Waals surface area contributed by atoms with Crippen LogP contribution in [0.15, 0.2) is 112 Å². The SMILES string of the molecule is O=C1/C(=C/c2ccc(-c3ccc([N+](=O)[O-])cc3)o2)C=C(c2ccccc2)N1c1ccc(Br)cc1. The van der Waals surface area contributed by atoms with Crippen molar-refractivity contribution < 1.29 is 14.1 Å². The van der Waals surface area contributed by atoms with Gasteiger partial charge in [-0.15, -0.1) is 0 Å². The minimum atomic E-state index is -0.443. The van der Waals surface area contributed by atoms with E-state index in [2.05, 4.69) is 15.9 Å². The Balaban J connectivity index is 1.50. The zero-order valence-electron chi connectivity index (χ0n) is 17.7. The zero-order valence-corrected chi connectivity index (χ0v) is 19.3. The number of amides is 1. The molecule has 1 aliphatic rings. The molecule has 3 aromatic carbocycles. The Hall–Kier alpha value is -4.23. The zero-order chi connectivity index (χ0) is 23.7. The molecule has 4 aromatic rings. The highest BCUT2D eigenvalue weighted by atomic mass is 79.9. The molecule has 0 N–H and O–H groups in total. The van der Waals surface area contributed by atoms with Crippen LogP contribution in [-0.4, -0.2) is 10.8 Å². The molecule has 0 unspecified atom stereocenters. The van der Waals surface area contributed by atoms with Crippen LogP contribution in [0.1, 0.15) is 11.3 Å². The molecule has 5 rings (SSSR count). The molecule has 2 heterocycles. The van der Waals surface area contributed by atoms with Gasteiger partial charge >= 0.3 is 0 Å². The molecule has 0 fully saturated rings. The lowest BCUT2D eigenvalue weighted by Crippen LogP contribution is -2.24. The van der Waals surface area contributed by atoms with Gasteiger partial charge in [-0.25, -0.2) is 0 Å². The van der Waals surface area contributed by atoms with Crippen LogP contribution >= 0.6 is 15.9 Å². The summed E-state index contributed by atoms with van der Waals surface area (Å²) in [5, 5.41) is 10.9. The van der Waals surface area contributed by atoms with E-state index < -0.39 is 4.92 Å². The number of nitro benzene ring substituents is 1. The number of anilines is 1. The van der Waals surface area contributed by atoms with Gasteiger partial charge in [0.15, 0.2) is 0 Å². The van der Waals surface area contributed by atoms with E-state index >= 15 is 0 Å². The average molecular weight is 513 g/mol. The summed E-state index contributed by atoms with van der Waals surface area (Å²) in [7, 11) is 0. The fourth-order valence-electron chi connectivity index (χ4n) is 3.77. The van der Waals surface area contributed by atoms with Gasteiger partial charge in [0.2, 0.25) is 0 Å². The number of nitro groups is 1. The molecular weight excluding hydrogens is 496 g/mol. The second kappa shape index (κ2) is 8.96. The van der Waals surface area contributed by atoms with Crippen LogP contribution in [-0.2, 0) is 4.79 Å². The molecule has 166 valence electrons. The lowest BCUT2D eigenvalue weighted by Gasteiger charge is -2.20. The van der Waals surface area contributed by atoms with Crippen molar-refractivity contribution in [2.75, 3.05) is 4.90 Å².